The number of methoxy groups -OCH3 is 1. The Balaban J connectivity index is 1.44. The molecule has 6 nitrogen and oxygen atoms in total. The van der Waals surface area contributed by atoms with Crippen molar-refractivity contribution in [1.82, 2.24) is 14.7 Å². The van der Waals surface area contributed by atoms with E-state index < -0.39 is 0 Å². The highest BCUT2D eigenvalue weighted by Crippen LogP contribution is 2.37. The van der Waals surface area contributed by atoms with Crippen LogP contribution in [-0.4, -0.2) is 34.2 Å². The van der Waals surface area contributed by atoms with E-state index in [-0.39, 0.29) is 5.91 Å². The molecule has 1 atom stereocenters. The number of ether oxygens (including phenoxy) is 1. The highest BCUT2D eigenvalue weighted by Gasteiger charge is 2.28. The number of hydrogen-bond donors (Lipinski definition) is 1. The van der Waals surface area contributed by atoms with Crippen LogP contribution in [0, 0.1) is 0 Å². The molecule has 2 aromatic heterocycles. The van der Waals surface area contributed by atoms with Crippen molar-refractivity contribution in [1.29, 1.82) is 0 Å². The number of carbonyl (C=O) groups is 1. The lowest BCUT2D eigenvalue weighted by molar-refractivity contribution is 0.103. The van der Waals surface area contributed by atoms with Gasteiger partial charge in [-0.2, -0.15) is 5.10 Å². The Labute approximate surface area is 168 Å². The van der Waals surface area contributed by atoms with Gasteiger partial charge < -0.3 is 10.1 Å². The topological polar surface area (TPSA) is 59.4 Å². The molecule has 0 spiro atoms. The molecule has 0 unspecified atom stereocenters. The van der Waals surface area contributed by atoms with Crippen molar-refractivity contribution < 1.29 is 9.53 Å². The molecule has 3 heterocycles. The van der Waals surface area contributed by atoms with E-state index >= 15 is 0 Å². The number of carbonyl (C=O) groups excluding carboxylic acids is 1. The summed E-state index contributed by atoms with van der Waals surface area (Å²) in [5, 5.41) is 7.22. The molecule has 3 aromatic rings. The predicted octanol–water partition coefficient (Wildman–Crippen LogP) is 4.08. The van der Waals surface area contributed by atoms with Crippen LogP contribution in [0.1, 0.15) is 39.0 Å². The smallest absolute Gasteiger partial charge is 0.265 e. The summed E-state index contributed by atoms with van der Waals surface area (Å²) in [6, 6.07) is 11.8. The van der Waals surface area contributed by atoms with Crippen LogP contribution in [0.5, 0.6) is 5.75 Å². The zero-order valence-electron chi connectivity index (χ0n) is 16.1. The molecular weight excluding hydrogens is 372 g/mol. The number of aromatic nitrogens is 2. The maximum Gasteiger partial charge on any atom is 0.265 e. The first-order valence-electron chi connectivity index (χ1n) is 9.39. The van der Waals surface area contributed by atoms with Gasteiger partial charge in [0.05, 0.1) is 18.2 Å². The number of rotatable bonds is 6. The molecule has 1 amide bonds. The van der Waals surface area contributed by atoms with Crippen LogP contribution in [0.2, 0.25) is 0 Å². The van der Waals surface area contributed by atoms with Crippen LogP contribution >= 0.6 is 11.3 Å². The quantitative estimate of drug-likeness (QED) is 0.682. The zero-order chi connectivity index (χ0) is 19.5. The molecule has 1 aliphatic rings. The number of likely N-dealkylation sites (tertiary alicyclic amines) is 1. The van der Waals surface area contributed by atoms with Gasteiger partial charge in [-0.3, -0.25) is 14.4 Å². The van der Waals surface area contributed by atoms with Gasteiger partial charge in [-0.1, -0.05) is 6.07 Å². The second kappa shape index (κ2) is 8.16. The van der Waals surface area contributed by atoms with Crippen molar-refractivity contribution in [3.63, 3.8) is 0 Å². The number of hydrogen-bond acceptors (Lipinski definition) is 5. The van der Waals surface area contributed by atoms with Gasteiger partial charge in [0.1, 0.15) is 5.75 Å². The molecule has 146 valence electrons. The molecule has 1 aliphatic heterocycles. The lowest BCUT2D eigenvalue weighted by atomic mass is 10.2. The van der Waals surface area contributed by atoms with Gasteiger partial charge in [0.2, 0.25) is 0 Å². The van der Waals surface area contributed by atoms with Crippen molar-refractivity contribution in [2.24, 2.45) is 7.05 Å². The summed E-state index contributed by atoms with van der Waals surface area (Å²) >= 11 is 1.58. The molecule has 0 radical (unpaired) electrons. The first-order chi connectivity index (χ1) is 13.6. The van der Waals surface area contributed by atoms with E-state index in [2.05, 4.69) is 27.6 Å². The highest BCUT2D eigenvalue weighted by molar-refractivity contribution is 7.14. The average Bonchev–Trinajstić information content (AvgIpc) is 3.43. The van der Waals surface area contributed by atoms with Crippen molar-refractivity contribution in [3.05, 3.63) is 64.1 Å². The fraction of sp³-hybridized carbons (Fsp3) is 0.333. The summed E-state index contributed by atoms with van der Waals surface area (Å²) in [4.78, 5) is 17.1. The second-order valence-corrected chi connectivity index (χ2v) is 8.15. The van der Waals surface area contributed by atoms with Crippen LogP contribution in [0.4, 0.5) is 5.69 Å². The van der Waals surface area contributed by atoms with Crippen LogP contribution < -0.4 is 10.1 Å². The van der Waals surface area contributed by atoms with Crippen LogP contribution in [0.15, 0.2) is 48.8 Å². The molecule has 0 bridgehead atoms. The fourth-order valence-electron chi connectivity index (χ4n) is 3.67. The first-order valence-corrected chi connectivity index (χ1v) is 10.2. The van der Waals surface area contributed by atoms with E-state index in [0.717, 1.165) is 35.8 Å². The summed E-state index contributed by atoms with van der Waals surface area (Å²) in [5.41, 5.74) is 1.96. The molecule has 7 heteroatoms. The number of thiophene rings is 1. The first kappa shape index (κ1) is 18.7. The maximum absolute atomic E-state index is 12.7. The largest absolute Gasteiger partial charge is 0.497 e. The normalized spacial score (nSPS) is 17.0. The van der Waals surface area contributed by atoms with Gasteiger partial charge in [-0.25, -0.2) is 0 Å². The molecule has 1 fully saturated rings. The van der Waals surface area contributed by atoms with Crippen LogP contribution in [-0.2, 0) is 13.6 Å². The molecule has 0 saturated carbocycles. The predicted molar refractivity (Wildman–Crippen MR) is 111 cm³/mol. The third kappa shape index (κ3) is 4.10. The number of nitrogens with zero attached hydrogens (tertiary/aromatic N) is 3. The maximum atomic E-state index is 12.7. The Morgan fingerprint density at radius 2 is 2.25 bits per heavy atom. The summed E-state index contributed by atoms with van der Waals surface area (Å²) in [6.07, 6.45) is 6.29. The van der Waals surface area contributed by atoms with Gasteiger partial charge in [0.25, 0.3) is 5.91 Å². The number of benzene rings is 1. The number of anilines is 1. The minimum atomic E-state index is -0.0821. The van der Waals surface area contributed by atoms with E-state index in [9.17, 15) is 4.79 Å². The lowest BCUT2D eigenvalue weighted by Gasteiger charge is -2.22. The summed E-state index contributed by atoms with van der Waals surface area (Å²) in [7, 11) is 3.56. The Bertz CT molecular complexity index is 965. The van der Waals surface area contributed by atoms with Crippen molar-refractivity contribution >= 4 is 22.9 Å². The monoisotopic (exact) mass is 396 g/mol. The van der Waals surface area contributed by atoms with Crippen molar-refractivity contribution in [2.45, 2.75) is 25.4 Å². The van der Waals surface area contributed by atoms with E-state index in [1.54, 1.807) is 18.4 Å². The number of amides is 1. The van der Waals surface area contributed by atoms with Crippen LogP contribution in [0.3, 0.4) is 0 Å². The molecule has 28 heavy (non-hydrogen) atoms. The van der Waals surface area contributed by atoms with E-state index in [1.807, 2.05) is 48.3 Å². The Morgan fingerprint density at radius 3 is 3.04 bits per heavy atom. The summed E-state index contributed by atoms with van der Waals surface area (Å²) < 4.78 is 7.06. The van der Waals surface area contributed by atoms with Gasteiger partial charge in [0, 0.05) is 48.0 Å². The lowest BCUT2D eigenvalue weighted by Crippen LogP contribution is -2.21. The van der Waals surface area contributed by atoms with Gasteiger partial charge in [0.15, 0.2) is 0 Å². The number of aryl methyl sites for hydroxylation is 1. The summed E-state index contributed by atoms with van der Waals surface area (Å²) in [5.74, 6) is 0.642. The van der Waals surface area contributed by atoms with Crippen molar-refractivity contribution in [2.75, 3.05) is 19.0 Å². The molecule has 1 saturated heterocycles. The molecule has 0 aliphatic carbocycles. The minimum Gasteiger partial charge on any atom is -0.497 e. The van der Waals surface area contributed by atoms with Crippen LogP contribution in [0.25, 0.3) is 0 Å². The number of nitrogens with one attached hydrogen (secondary N) is 1. The SMILES string of the molecule is COc1cccc(NC(=O)c2ccc([C@@H]3CCCN3Cc3cnn(C)c3)s2)c1. The van der Waals surface area contributed by atoms with E-state index in [1.165, 1.54) is 16.9 Å². The molecular formula is C21H24N4O2S. The van der Waals surface area contributed by atoms with E-state index in [0.29, 0.717) is 6.04 Å². The fourth-order valence-corrected chi connectivity index (χ4v) is 4.75. The Morgan fingerprint density at radius 1 is 1.36 bits per heavy atom. The van der Waals surface area contributed by atoms with Gasteiger partial charge >= 0.3 is 0 Å². The molecule has 4 rings (SSSR count). The average molecular weight is 397 g/mol. The Kier molecular flexibility index (Phi) is 5.45. The Hall–Kier alpha value is -2.64. The van der Waals surface area contributed by atoms with Crippen molar-refractivity contribution in [3.8, 4) is 5.75 Å². The highest BCUT2D eigenvalue weighted by atomic mass is 32.1. The molecule has 1 aromatic carbocycles. The standard InChI is InChI=1S/C21H24N4O2S/c1-24-13-15(12-22-24)14-25-10-4-7-18(25)19-8-9-20(28-19)21(26)23-16-5-3-6-17(11-16)27-2/h3,5-6,8-9,11-13,18H,4,7,10,14H2,1-2H3,(H,23,26)/t18-/m0/s1. The second-order valence-electron chi connectivity index (χ2n) is 7.04. The summed E-state index contributed by atoms with van der Waals surface area (Å²) in [6.45, 7) is 1.96. The zero-order valence-corrected chi connectivity index (χ0v) is 16.9. The van der Waals surface area contributed by atoms with Gasteiger partial charge in [-0.05, 0) is 43.7 Å². The minimum absolute atomic E-state index is 0.0821. The molecule has 1 N–H and O–H groups in total. The third-order valence-corrected chi connectivity index (χ3v) is 6.20. The third-order valence-electron chi connectivity index (χ3n) is 5.01. The van der Waals surface area contributed by atoms with Gasteiger partial charge in [-0.15, -0.1) is 11.3 Å². The van der Waals surface area contributed by atoms with E-state index in [4.69, 9.17) is 4.74 Å².